The van der Waals surface area contributed by atoms with Crippen LogP contribution in [0.1, 0.15) is 12.1 Å². The van der Waals surface area contributed by atoms with E-state index in [2.05, 4.69) is 16.5 Å². The van der Waals surface area contributed by atoms with Crippen LogP contribution in [0.5, 0.6) is 5.88 Å². The van der Waals surface area contributed by atoms with Crippen molar-refractivity contribution in [1.29, 1.82) is 0 Å². The molecule has 1 aromatic rings. The van der Waals surface area contributed by atoms with Crippen molar-refractivity contribution < 1.29 is 4.74 Å². The smallest absolute Gasteiger partial charge is 0.223 e. The summed E-state index contributed by atoms with van der Waals surface area (Å²) in [6.45, 7) is 6.00. The second-order valence-electron chi connectivity index (χ2n) is 2.63. The summed E-state index contributed by atoms with van der Waals surface area (Å²) < 4.78 is 5.31. The molecule has 1 aromatic heterocycles. The molecule has 0 saturated carbocycles. The Bertz CT molecular complexity index is 279. The molecule has 0 aliphatic carbocycles. The molecule has 13 heavy (non-hydrogen) atoms. The highest BCUT2D eigenvalue weighted by Crippen LogP contribution is 2.09. The summed E-state index contributed by atoms with van der Waals surface area (Å²) in [6.07, 6.45) is 2.58. The molecule has 0 aromatic carbocycles. The van der Waals surface area contributed by atoms with Gasteiger partial charge in [0.2, 0.25) is 11.8 Å². The summed E-state index contributed by atoms with van der Waals surface area (Å²) in [6, 6.07) is 1.75. The van der Waals surface area contributed by atoms with Gasteiger partial charge >= 0.3 is 0 Å². The summed E-state index contributed by atoms with van der Waals surface area (Å²) in [5.74, 6) is 0.764. The largest absolute Gasteiger partial charge is 0.477 e. The summed E-state index contributed by atoms with van der Waals surface area (Å²) in [5.41, 5.74) is 6.25. The molecule has 4 heteroatoms. The normalized spacial score (nSPS) is 9.62. The fourth-order valence-electron chi connectivity index (χ4n) is 0.883. The van der Waals surface area contributed by atoms with E-state index >= 15 is 0 Å². The number of hydrogen-bond acceptors (Lipinski definition) is 4. The first kappa shape index (κ1) is 9.51. The van der Waals surface area contributed by atoms with E-state index in [1.54, 1.807) is 12.1 Å². The first-order valence-electron chi connectivity index (χ1n) is 4.07. The number of anilines is 1. The molecule has 1 rings (SSSR count). The van der Waals surface area contributed by atoms with Gasteiger partial charge in [0.1, 0.15) is 0 Å². The van der Waals surface area contributed by atoms with Gasteiger partial charge in [0, 0.05) is 11.8 Å². The van der Waals surface area contributed by atoms with Crippen molar-refractivity contribution >= 4 is 5.95 Å². The minimum Gasteiger partial charge on any atom is -0.477 e. The lowest BCUT2D eigenvalue weighted by Crippen LogP contribution is -2.02. The third-order valence-electron chi connectivity index (χ3n) is 1.42. The minimum absolute atomic E-state index is 0.244. The van der Waals surface area contributed by atoms with Gasteiger partial charge in [-0.05, 0) is 13.3 Å². The molecule has 70 valence electrons. The molecule has 0 saturated heterocycles. The fourth-order valence-corrected chi connectivity index (χ4v) is 0.883. The third kappa shape index (κ3) is 3.11. The van der Waals surface area contributed by atoms with Crippen LogP contribution >= 0.6 is 0 Å². The quantitative estimate of drug-likeness (QED) is 0.559. The maximum absolute atomic E-state index is 5.44. The van der Waals surface area contributed by atoms with E-state index < -0.39 is 0 Å². The molecular weight excluding hydrogens is 166 g/mol. The van der Waals surface area contributed by atoms with Crippen LogP contribution in [0.2, 0.25) is 0 Å². The Hall–Kier alpha value is -1.58. The zero-order valence-electron chi connectivity index (χ0n) is 7.66. The molecule has 0 radical (unpaired) electrons. The number of nitrogens with zero attached hydrogens (tertiary/aromatic N) is 2. The van der Waals surface area contributed by atoms with Crippen molar-refractivity contribution in [2.45, 2.75) is 13.3 Å². The van der Waals surface area contributed by atoms with Gasteiger partial charge in [0.15, 0.2) is 0 Å². The molecule has 2 N–H and O–H groups in total. The highest BCUT2D eigenvalue weighted by Gasteiger charge is 1.98. The van der Waals surface area contributed by atoms with Gasteiger partial charge in [-0.3, -0.25) is 0 Å². The van der Waals surface area contributed by atoms with Gasteiger partial charge in [-0.15, -0.1) is 6.58 Å². The number of ether oxygens (including phenoxy) is 1. The lowest BCUT2D eigenvalue weighted by Gasteiger charge is -2.04. The maximum Gasteiger partial charge on any atom is 0.223 e. The van der Waals surface area contributed by atoms with E-state index in [4.69, 9.17) is 10.5 Å². The predicted octanol–water partition coefficient (Wildman–Crippen LogP) is 1.32. The predicted molar refractivity (Wildman–Crippen MR) is 51.5 cm³/mol. The Balaban J connectivity index is 2.60. The van der Waals surface area contributed by atoms with E-state index in [1.165, 1.54) is 0 Å². The monoisotopic (exact) mass is 179 g/mol. The number of aryl methyl sites for hydroxylation is 1. The van der Waals surface area contributed by atoms with Crippen LogP contribution in [0.15, 0.2) is 18.7 Å². The lowest BCUT2D eigenvalue weighted by atomic mass is 10.4. The molecule has 1 heterocycles. The van der Waals surface area contributed by atoms with Crippen LogP contribution in [0.3, 0.4) is 0 Å². The average molecular weight is 179 g/mol. The fraction of sp³-hybridized carbons (Fsp3) is 0.333. The second kappa shape index (κ2) is 4.45. The van der Waals surface area contributed by atoms with Crippen molar-refractivity contribution in [3.8, 4) is 5.88 Å². The van der Waals surface area contributed by atoms with Crippen molar-refractivity contribution in [2.24, 2.45) is 0 Å². The molecule has 4 nitrogen and oxygen atoms in total. The maximum atomic E-state index is 5.44. The van der Waals surface area contributed by atoms with Crippen LogP contribution in [-0.4, -0.2) is 16.6 Å². The van der Waals surface area contributed by atoms with Gasteiger partial charge in [0.05, 0.1) is 6.61 Å². The molecule has 0 fully saturated rings. The van der Waals surface area contributed by atoms with E-state index in [0.29, 0.717) is 12.5 Å². The van der Waals surface area contributed by atoms with Crippen LogP contribution in [-0.2, 0) is 0 Å². The van der Waals surface area contributed by atoms with Crippen LogP contribution in [0.25, 0.3) is 0 Å². The van der Waals surface area contributed by atoms with Gasteiger partial charge < -0.3 is 10.5 Å². The molecule has 0 aliphatic heterocycles. The molecular formula is C9H13N3O. The van der Waals surface area contributed by atoms with Crippen LogP contribution in [0, 0.1) is 6.92 Å². The zero-order chi connectivity index (χ0) is 9.68. The second-order valence-corrected chi connectivity index (χ2v) is 2.63. The number of aromatic nitrogens is 2. The van der Waals surface area contributed by atoms with Gasteiger partial charge in [-0.25, -0.2) is 4.98 Å². The topological polar surface area (TPSA) is 61.0 Å². The number of rotatable bonds is 4. The van der Waals surface area contributed by atoms with Crippen molar-refractivity contribution in [3.63, 3.8) is 0 Å². The Morgan fingerprint density at radius 1 is 1.62 bits per heavy atom. The van der Waals surface area contributed by atoms with Gasteiger partial charge in [-0.2, -0.15) is 4.98 Å². The number of hydrogen-bond donors (Lipinski definition) is 1. The summed E-state index contributed by atoms with van der Waals surface area (Å²) >= 11 is 0. The molecule has 0 atom stereocenters. The van der Waals surface area contributed by atoms with Gasteiger partial charge in [-0.1, -0.05) is 6.08 Å². The molecule has 0 aliphatic rings. The van der Waals surface area contributed by atoms with E-state index in [-0.39, 0.29) is 5.95 Å². The van der Waals surface area contributed by atoms with Gasteiger partial charge in [0.25, 0.3) is 0 Å². The Morgan fingerprint density at radius 3 is 3.00 bits per heavy atom. The average Bonchev–Trinajstić information content (AvgIpc) is 2.03. The molecule has 0 amide bonds. The van der Waals surface area contributed by atoms with E-state index in [9.17, 15) is 0 Å². The summed E-state index contributed by atoms with van der Waals surface area (Å²) in [4.78, 5) is 7.84. The SMILES string of the molecule is C=CCCOc1cc(C)nc(N)n1. The van der Waals surface area contributed by atoms with E-state index in [1.807, 2.05) is 6.92 Å². The van der Waals surface area contributed by atoms with E-state index in [0.717, 1.165) is 12.1 Å². The molecule has 0 spiro atoms. The minimum atomic E-state index is 0.244. The first-order chi connectivity index (χ1) is 6.22. The zero-order valence-corrected chi connectivity index (χ0v) is 7.66. The Labute approximate surface area is 77.5 Å². The summed E-state index contributed by atoms with van der Waals surface area (Å²) in [5, 5.41) is 0. The Kier molecular flexibility index (Phi) is 3.25. The summed E-state index contributed by atoms with van der Waals surface area (Å²) in [7, 11) is 0. The number of nitrogen functional groups attached to an aromatic ring is 1. The van der Waals surface area contributed by atoms with Crippen LogP contribution in [0.4, 0.5) is 5.95 Å². The molecule has 0 unspecified atom stereocenters. The van der Waals surface area contributed by atoms with Crippen molar-refractivity contribution in [3.05, 3.63) is 24.4 Å². The number of nitrogens with two attached hydrogens (primary N) is 1. The first-order valence-corrected chi connectivity index (χ1v) is 4.07. The van der Waals surface area contributed by atoms with Crippen molar-refractivity contribution in [2.75, 3.05) is 12.3 Å². The molecule has 0 bridgehead atoms. The highest BCUT2D eigenvalue weighted by atomic mass is 16.5. The van der Waals surface area contributed by atoms with Crippen LogP contribution < -0.4 is 10.5 Å². The third-order valence-corrected chi connectivity index (χ3v) is 1.42. The highest BCUT2D eigenvalue weighted by molar-refractivity contribution is 5.25. The Morgan fingerprint density at radius 2 is 2.38 bits per heavy atom. The standard InChI is InChI=1S/C9H13N3O/c1-3-4-5-13-8-6-7(2)11-9(10)12-8/h3,6H,1,4-5H2,2H3,(H2,10,11,12). The lowest BCUT2D eigenvalue weighted by molar-refractivity contribution is 0.312. The van der Waals surface area contributed by atoms with Crippen molar-refractivity contribution in [1.82, 2.24) is 9.97 Å².